The molecule has 0 aliphatic heterocycles. The van der Waals surface area contributed by atoms with E-state index in [0.29, 0.717) is 16.2 Å². The van der Waals surface area contributed by atoms with E-state index in [1.165, 1.54) is 24.3 Å². The van der Waals surface area contributed by atoms with Crippen molar-refractivity contribution in [3.8, 4) is 5.75 Å². The molecule has 0 radical (unpaired) electrons. The standard InChI is InChI=1S/C15H13N5O4S2/c1-8(21)18-10-4-2-3-9-13(10)11(19-20-15-17-5-6-25-15)7-12(14(9)22)26(16,23)24/h2-7,22H,1H3,(H,18,21)(H2,16,23,24)/b20-19+. The number of anilines is 1. The number of benzene rings is 2. The number of sulfonamides is 1. The second-order valence-electron chi connectivity index (χ2n) is 5.21. The van der Waals surface area contributed by atoms with Crippen molar-refractivity contribution >= 4 is 54.5 Å². The number of fused-ring (bicyclic) bond motifs is 1. The summed E-state index contributed by atoms with van der Waals surface area (Å²) in [7, 11) is -4.21. The highest BCUT2D eigenvalue weighted by Crippen LogP contribution is 2.42. The Morgan fingerprint density at radius 2 is 2.12 bits per heavy atom. The zero-order chi connectivity index (χ0) is 18.9. The third-order valence-electron chi connectivity index (χ3n) is 3.36. The first-order valence-corrected chi connectivity index (χ1v) is 9.60. The van der Waals surface area contributed by atoms with Gasteiger partial charge in [-0.1, -0.05) is 12.1 Å². The Hall–Kier alpha value is -2.89. The largest absolute Gasteiger partial charge is 0.506 e. The first-order chi connectivity index (χ1) is 12.3. The van der Waals surface area contributed by atoms with Crippen LogP contribution in [-0.4, -0.2) is 24.4 Å². The number of nitrogens with two attached hydrogens (primary N) is 1. The van der Waals surface area contributed by atoms with Gasteiger partial charge in [-0.15, -0.1) is 21.6 Å². The number of azo groups is 1. The molecule has 0 unspecified atom stereocenters. The fourth-order valence-corrected chi connectivity index (χ4v) is 3.48. The van der Waals surface area contributed by atoms with Crippen LogP contribution in [0.2, 0.25) is 0 Å². The van der Waals surface area contributed by atoms with Gasteiger partial charge in [0.25, 0.3) is 0 Å². The molecule has 2 aromatic carbocycles. The van der Waals surface area contributed by atoms with Gasteiger partial charge in [-0.05, 0) is 12.1 Å². The molecule has 11 heteroatoms. The molecule has 4 N–H and O–H groups in total. The number of nitrogens with one attached hydrogen (secondary N) is 1. The van der Waals surface area contributed by atoms with Crippen LogP contribution in [0.4, 0.5) is 16.5 Å². The van der Waals surface area contributed by atoms with Crippen LogP contribution < -0.4 is 10.5 Å². The molecule has 0 saturated heterocycles. The molecule has 134 valence electrons. The highest BCUT2D eigenvalue weighted by Gasteiger charge is 2.21. The Balaban J connectivity index is 2.34. The summed E-state index contributed by atoms with van der Waals surface area (Å²) >= 11 is 1.24. The first-order valence-electron chi connectivity index (χ1n) is 7.17. The normalized spacial score (nSPS) is 11.9. The molecule has 9 nitrogen and oxygen atoms in total. The molecule has 0 saturated carbocycles. The van der Waals surface area contributed by atoms with Crippen LogP contribution in [0.3, 0.4) is 0 Å². The van der Waals surface area contributed by atoms with Gasteiger partial charge < -0.3 is 10.4 Å². The quantitative estimate of drug-likeness (QED) is 0.585. The molecule has 26 heavy (non-hydrogen) atoms. The smallest absolute Gasteiger partial charge is 0.241 e. The predicted octanol–water partition coefficient (Wildman–Crippen LogP) is 3.02. The van der Waals surface area contributed by atoms with Crippen LogP contribution in [0.1, 0.15) is 6.92 Å². The van der Waals surface area contributed by atoms with Gasteiger partial charge in [0.05, 0.1) is 11.4 Å². The van der Waals surface area contributed by atoms with Crippen molar-refractivity contribution in [1.82, 2.24) is 4.98 Å². The monoisotopic (exact) mass is 391 g/mol. The Morgan fingerprint density at radius 1 is 1.35 bits per heavy atom. The number of aromatic hydroxyl groups is 1. The topological polar surface area (TPSA) is 147 Å². The highest BCUT2D eigenvalue weighted by atomic mass is 32.2. The Morgan fingerprint density at radius 3 is 2.73 bits per heavy atom. The number of rotatable bonds is 4. The fourth-order valence-electron chi connectivity index (χ4n) is 2.37. The molecule has 0 spiro atoms. The SMILES string of the molecule is CC(=O)Nc1cccc2c(O)c(S(N)(=O)=O)cc(/N=N/c3nccs3)c12. The lowest BCUT2D eigenvalue weighted by Gasteiger charge is -2.13. The highest BCUT2D eigenvalue weighted by molar-refractivity contribution is 7.89. The minimum Gasteiger partial charge on any atom is -0.506 e. The van der Waals surface area contributed by atoms with E-state index in [2.05, 4.69) is 20.5 Å². The molecule has 0 bridgehead atoms. The lowest BCUT2D eigenvalue weighted by molar-refractivity contribution is -0.114. The average Bonchev–Trinajstić information content (AvgIpc) is 3.06. The summed E-state index contributed by atoms with van der Waals surface area (Å²) in [5.41, 5.74) is 0.459. The van der Waals surface area contributed by atoms with Gasteiger partial charge in [0.15, 0.2) is 0 Å². The van der Waals surface area contributed by atoms with E-state index in [1.54, 1.807) is 23.7 Å². The number of carbonyl (C=O) groups excluding carboxylic acids is 1. The molecule has 1 aromatic heterocycles. The molecular formula is C15H13N5O4S2. The molecule has 0 fully saturated rings. The number of phenols is 1. The minimum absolute atomic E-state index is 0.112. The average molecular weight is 391 g/mol. The summed E-state index contributed by atoms with van der Waals surface area (Å²) in [6.07, 6.45) is 1.55. The Bertz CT molecular complexity index is 1120. The number of phenolic OH excluding ortho intramolecular Hbond substituents is 1. The molecule has 1 heterocycles. The summed E-state index contributed by atoms with van der Waals surface area (Å²) in [4.78, 5) is 15.0. The molecule has 0 aliphatic carbocycles. The van der Waals surface area contributed by atoms with Gasteiger partial charge in [-0.3, -0.25) is 4.79 Å². The fraction of sp³-hybridized carbons (Fsp3) is 0.0667. The maximum Gasteiger partial charge on any atom is 0.241 e. The maximum absolute atomic E-state index is 11.8. The number of primary sulfonamides is 1. The van der Waals surface area contributed by atoms with Crippen molar-refractivity contribution in [2.45, 2.75) is 11.8 Å². The molecular weight excluding hydrogens is 378 g/mol. The van der Waals surface area contributed by atoms with Crippen LogP contribution in [-0.2, 0) is 14.8 Å². The molecule has 1 amide bonds. The number of hydrogen-bond acceptors (Lipinski definition) is 8. The van der Waals surface area contributed by atoms with E-state index in [9.17, 15) is 18.3 Å². The summed E-state index contributed by atoms with van der Waals surface area (Å²) in [5, 5.41) is 28.7. The molecule has 0 atom stereocenters. The lowest BCUT2D eigenvalue weighted by atomic mass is 10.1. The van der Waals surface area contributed by atoms with Crippen molar-refractivity contribution in [2.75, 3.05) is 5.32 Å². The third-order valence-corrected chi connectivity index (χ3v) is 4.94. The van der Waals surface area contributed by atoms with Crippen molar-refractivity contribution in [2.24, 2.45) is 15.4 Å². The van der Waals surface area contributed by atoms with E-state index in [0.717, 1.165) is 6.07 Å². The van der Waals surface area contributed by atoms with E-state index in [-0.39, 0.29) is 17.0 Å². The number of amides is 1. The van der Waals surface area contributed by atoms with Crippen LogP contribution >= 0.6 is 11.3 Å². The summed E-state index contributed by atoms with van der Waals surface area (Å²) < 4.78 is 23.6. The number of carbonyl (C=O) groups is 1. The molecule has 3 rings (SSSR count). The van der Waals surface area contributed by atoms with E-state index >= 15 is 0 Å². The second-order valence-corrected chi connectivity index (χ2v) is 7.61. The van der Waals surface area contributed by atoms with Crippen molar-refractivity contribution < 1.29 is 18.3 Å². The van der Waals surface area contributed by atoms with E-state index in [1.807, 2.05) is 0 Å². The van der Waals surface area contributed by atoms with Gasteiger partial charge in [0.1, 0.15) is 10.6 Å². The zero-order valence-electron chi connectivity index (χ0n) is 13.4. The number of thiazole rings is 1. The predicted molar refractivity (Wildman–Crippen MR) is 97.6 cm³/mol. The van der Waals surface area contributed by atoms with E-state index < -0.39 is 20.7 Å². The minimum atomic E-state index is -4.21. The van der Waals surface area contributed by atoms with Crippen LogP contribution in [0.5, 0.6) is 5.75 Å². The van der Waals surface area contributed by atoms with Crippen LogP contribution in [0, 0.1) is 0 Å². The van der Waals surface area contributed by atoms with Gasteiger partial charge in [-0.25, -0.2) is 18.5 Å². The van der Waals surface area contributed by atoms with Crippen molar-refractivity contribution in [1.29, 1.82) is 0 Å². The van der Waals surface area contributed by atoms with Crippen LogP contribution in [0.15, 0.2) is 51.0 Å². The number of aromatic nitrogens is 1. The van der Waals surface area contributed by atoms with Gasteiger partial charge >= 0.3 is 0 Å². The second kappa shape index (κ2) is 6.78. The Labute approximate surface area is 152 Å². The molecule has 3 aromatic rings. The summed E-state index contributed by atoms with van der Waals surface area (Å²) in [6, 6.07) is 5.76. The number of nitrogens with zero attached hydrogens (tertiary/aromatic N) is 3. The Kier molecular flexibility index (Phi) is 4.68. The van der Waals surface area contributed by atoms with Crippen molar-refractivity contribution in [3.63, 3.8) is 0 Å². The van der Waals surface area contributed by atoms with E-state index in [4.69, 9.17) is 5.14 Å². The number of hydrogen-bond donors (Lipinski definition) is 3. The van der Waals surface area contributed by atoms with Gasteiger partial charge in [0, 0.05) is 29.3 Å². The van der Waals surface area contributed by atoms with Crippen molar-refractivity contribution in [3.05, 3.63) is 35.8 Å². The van der Waals surface area contributed by atoms with Crippen LogP contribution in [0.25, 0.3) is 10.8 Å². The van der Waals surface area contributed by atoms with Gasteiger partial charge in [-0.2, -0.15) is 0 Å². The first kappa shape index (κ1) is 17.9. The maximum atomic E-state index is 11.8. The summed E-state index contributed by atoms with van der Waals surface area (Å²) in [6.45, 7) is 1.33. The zero-order valence-corrected chi connectivity index (χ0v) is 15.0. The summed E-state index contributed by atoms with van der Waals surface area (Å²) in [5.74, 6) is -0.863. The third kappa shape index (κ3) is 3.54. The molecule has 0 aliphatic rings. The lowest BCUT2D eigenvalue weighted by Crippen LogP contribution is -2.12. The van der Waals surface area contributed by atoms with Gasteiger partial charge in [0.2, 0.25) is 21.1 Å².